The number of hydrogen-bond acceptors (Lipinski definition) is 5. The number of hydrogen-bond donors (Lipinski definition) is 3. The highest BCUT2D eigenvalue weighted by atomic mass is 16.6. The first kappa shape index (κ1) is 22.9. The summed E-state index contributed by atoms with van der Waals surface area (Å²) in [6.45, 7) is 2.33. The van der Waals surface area contributed by atoms with Crippen LogP contribution >= 0.6 is 0 Å². The molecule has 1 heterocycles. The monoisotopic (exact) mass is 374 g/mol. The van der Waals surface area contributed by atoms with Crippen molar-refractivity contribution in [1.82, 2.24) is 0 Å². The zero-order chi connectivity index (χ0) is 19.4. The third-order valence-corrected chi connectivity index (χ3v) is 4.74. The van der Waals surface area contributed by atoms with E-state index in [0.717, 1.165) is 19.3 Å². The summed E-state index contributed by atoms with van der Waals surface area (Å²) in [6.07, 6.45) is 9.42. The second-order valence-electron chi connectivity index (χ2n) is 7.03. The molecule has 0 radical (unpaired) electrons. The Morgan fingerprint density at radius 3 is 1.96 bits per heavy atom. The van der Waals surface area contributed by atoms with Gasteiger partial charge in [-0.3, -0.25) is 0 Å². The van der Waals surface area contributed by atoms with E-state index < -0.39 is 24.1 Å². The van der Waals surface area contributed by atoms with Crippen LogP contribution in [-0.2, 0) is 19.1 Å². The second-order valence-corrected chi connectivity index (χ2v) is 7.03. The van der Waals surface area contributed by atoms with E-state index in [0.29, 0.717) is 18.6 Å². The van der Waals surface area contributed by atoms with Gasteiger partial charge in [-0.05, 0) is 25.7 Å². The molecule has 0 amide bonds. The van der Waals surface area contributed by atoms with Crippen LogP contribution in [0.25, 0.3) is 0 Å². The molecule has 0 aromatic carbocycles. The summed E-state index contributed by atoms with van der Waals surface area (Å²) in [4.78, 5) is 21.5. The smallest absolute Gasteiger partial charge is 0.336 e. The highest BCUT2D eigenvalue weighted by Crippen LogP contribution is 2.31. The Morgan fingerprint density at radius 1 is 0.885 bits per heavy atom. The lowest BCUT2D eigenvalue weighted by molar-refractivity contribution is -0.171. The van der Waals surface area contributed by atoms with Gasteiger partial charge in [0.1, 0.15) is 0 Å². The summed E-state index contributed by atoms with van der Waals surface area (Å²) >= 11 is 0. The number of carboxylic acids is 2. The van der Waals surface area contributed by atoms with Gasteiger partial charge in [0, 0.05) is 6.61 Å². The number of unbranched alkanes of at least 4 members (excludes halogenated alkanes) is 7. The minimum absolute atomic E-state index is 0.108. The molecule has 7 nitrogen and oxygen atoms in total. The maximum atomic E-state index is 10.9. The van der Waals surface area contributed by atoms with E-state index in [-0.39, 0.29) is 6.61 Å². The van der Waals surface area contributed by atoms with E-state index in [4.69, 9.17) is 19.7 Å². The van der Waals surface area contributed by atoms with Crippen molar-refractivity contribution in [3.05, 3.63) is 0 Å². The fraction of sp³-hybridized carbons (Fsp3) is 0.895. The molecule has 0 aliphatic carbocycles. The fourth-order valence-corrected chi connectivity index (χ4v) is 3.07. The second kappa shape index (κ2) is 13.1. The average molecular weight is 374 g/mol. The highest BCUT2D eigenvalue weighted by Gasteiger charge is 2.37. The first-order valence-electron chi connectivity index (χ1n) is 9.88. The molecule has 1 saturated heterocycles. The SMILES string of the molecule is CCCCCCCCCC1OC1CCCCOC(C(=O)O)C(O)C(=O)O. The summed E-state index contributed by atoms with van der Waals surface area (Å²) in [6, 6.07) is 0. The van der Waals surface area contributed by atoms with Gasteiger partial charge < -0.3 is 24.8 Å². The van der Waals surface area contributed by atoms with E-state index >= 15 is 0 Å². The summed E-state index contributed by atoms with van der Waals surface area (Å²) in [5, 5.41) is 26.8. The number of rotatable bonds is 17. The predicted octanol–water partition coefficient (Wildman–Crippen LogP) is 2.98. The molecule has 4 atom stereocenters. The third kappa shape index (κ3) is 9.50. The van der Waals surface area contributed by atoms with Crippen molar-refractivity contribution in [1.29, 1.82) is 0 Å². The quantitative estimate of drug-likeness (QED) is 0.265. The number of aliphatic hydroxyl groups excluding tert-OH is 1. The molecule has 1 aliphatic heterocycles. The Hall–Kier alpha value is -1.18. The van der Waals surface area contributed by atoms with Crippen molar-refractivity contribution in [3.8, 4) is 0 Å². The number of carboxylic acid groups (broad SMARTS) is 2. The molecular weight excluding hydrogens is 340 g/mol. The zero-order valence-corrected chi connectivity index (χ0v) is 15.8. The molecule has 1 aliphatic rings. The van der Waals surface area contributed by atoms with Crippen LogP contribution in [0, 0.1) is 0 Å². The fourth-order valence-electron chi connectivity index (χ4n) is 3.07. The van der Waals surface area contributed by atoms with Gasteiger partial charge in [-0.25, -0.2) is 9.59 Å². The van der Waals surface area contributed by atoms with Crippen LogP contribution in [0.2, 0.25) is 0 Å². The zero-order valence-electron chi connectivity index (χ0n) is 15.8. The molecule has 152 valence electrons. The number of epoxide rings is 1. The van der Waals surface area contributed by atoms with Gasteiger partial charge in [0.2, 0.25) is 0 Å². The molecule has 1 fully saturated rings. The number of aliphatic hydroxyl groups is 1. The highest BCUT2D eigenvalue weighted by molar-refractivity contribution is 5.83. The molecule has 0 aromatic rings. The van der Waals surface area contributed by atoms with Crippen LogP contribution in [0.1, 0.15) is 77.6 Å². The normalized spacial score (nSPS) is 21.3. The van der Waals surface area contributed by atoms with E-state index in [1.165, 1.54) is 44.9 Å². The van der Waals surface area contributed by atoms with Gasteiger partial charge >= 0.3 is 11.9 Å². The van der Waals surface area contributed by atoms with Gasteiger partial charge in [0.15, 0.2) is 12.2 Å². The maximum Gasteiger partial charge on any atom is 0.336 e. The van der Waals surface area contributed by atoms with Crippen LogP contribution in [0.5, 0.6) is 0 Å². The summed E-state index contributed by atoms with van der Waals surface area (Å²) < 4.78 is 10.6. The Morgan fingerprint density at radius 2 is 1.42 bits per heavy atom. The minimum atomic E-state index is -2.05. The van der Waals surface area contributed by atoms with Crippen molar-refractivity contribution in [3.63, 3.8) is 0 Å². The van der Waals surface area contributed by atoms with Gasteiger partial charge in [0.25, 0.3) is 0 Å². The first-order valence-corrected chi connectivity index (χ1v) is 9.88. The average Bonchev–Trinajstić information content (AvgIpc) is 3.34. The summed E-state index contributed by atoms with van der Waals surface area (Å²) in [7, 11) is 0. The van der Waals surface area contributed by atoms with Gasteiger partial charge in [-0.2, -0.15) is 0 Å². The van der Waals surface area contributed by atoms with Crippen LogP contribution in [0.4, 0.5) is 0 Å². The Balaban J connectivity index is 1.98. The molecule has 1 rings (SSSR count). The molecule has 4 unspecified atom stereocenters. The van der Waals surface area contributed by atoms with Crippen molar-refractivity contribution in [2.75, 3.05) is 6.61 Å². The van der Waals surface area contributed by atoms with Crippen LogP contribution in [0.3, 0.4) is 0 Å². The minimum Gasteiger partial charge on any atom is -0.479 e. The van der Waals surface area contributed by atoms with Gasteiger partial charge in [-0.1, -0.05) is 51.9 Å². The van der Waals surface area contributed by atoms with Crippen molar-refractivity contribution >= 4 is 11.9 Å². The lowest BCUT2D eigenvalue weighted by atomic mass is 10.0. The molecule has 0 saturated carbocycles. The molecule has 0 aromatic heterocycles. The van der Waals surface area contributed by atoms with E-state index in [2.05, 4.69) is 6.92 Å². The number of carbonyl (C=O) groups is 2. The molecule has 7 heteroatoms. The van der Waals surface area contributed by atoms with E-state index in [9.17, 15) is 14.7 Å². The molecule has 0 bridgehead atoms. The Bertz CT molecular complexity index is 413. The number of ether oxygens (including phenoxy) is 2. The standard InChI is InChI=1S/C19H34O7/c1-2-3-4-5-6-7-8-11-14-15(26-14)12-9-10-13-25-17(19(23)24)16(20)18(21)22/h14-17,20H,2-13H2,1H3,(H,21,22)(H,23,24). The van der Waals surface area contributed by atoms with Crippen LogP contribution < -0.4 is 0 Å². The van der Waals surface area contributed by atoms with Crippen molar-refractivity contribution in [2.24, 2.45) is 0 Å². The summed E-state index contributed by atoms with van der Waals surface area (Å²) in [5.74, 6) is -3.07. The van der Waals surface area contributed by atoms with Gasteiger partial charge in [-0.15, -0.1) is 0 Å². The molecule has 26 heavy (non-hydrogen) atoms. The first-order chi connectivity index (χ1) is 12.5. The van der Waals surface area contributed by atoms with Gasteiger partial charge in [0.05, 0.1) is 12.2 Å². The van der Waals surface area contributed by atoms with E-state index in [1.807, 2.05) is 0 Å². The van der Waals surface area contributed by atoms with Crippen LogP contribution in [0.15, 0.2) is 0 Å². The summed E-state index contributed by atoms with van der Waals surface area (Å²) in [5.41, 5.74) is 0. The Labute approximate surface area is 155 Å². The molecular formula is C19H34O7. The predicted molar refractivity (Wildman–Crippen MR) is 96.1 cm³/mol. The van der Waals surface area contributed by atoms with Crippen molar-refractivity contribution in [2.45, 2.75) is 102 Å². The lowest BCUT2D eigenvalue weighted by Gasteiger charge is -2.16. The number of aliphatic carboxylic acids is 2. The topological polar surface area (TPSA) is 117 Å². The Kier molecular flexibility index (Phi) is 11.5. The third-order valence-electron chi connectivity index (χ3n) is 4.74. The lowest BCUT2D eigenvalue weighted by Crippen LogP contribution is -2.41. The maximum absolute atomic E-state index is 10.9. The molecule has 0 spiro atoms. The van der Waals surface area contributed by atoms with Crippen molar-refractivity contribution < 1.29 is 34.4 Å². The van der Waals surface area contributed by atoms with E-state index in [1.54, 1.807) is 0 Å². The largest absolute Gasteiger partial charge is 0.479 e. The molecule has 3 N–H and O–H groups in total. The van der Waals surface area contributed by atoms with Crippen LogP contribution in [-0.4, -0.2) is 58.3 Å².